The predicted molar refractivity (Wildman–Crippen MR) is 115 cm³/mol. The van der Waals surface area contributed by atoms with Crippen LogP contribution in [0.4, 0.5) is 11.5 Å². The predicted octanol–water partition coefficient (Wildman–Crippen LogP) is 3.06. The van der Waals surface area contributed by atoms with Crippen molar-refractivity contribution in [3.8, 4) is 11.5 Å². The fourth-order valence-corrected chi connectivity index (χ4v) is 3.35. The molecule has 158 valence electrons. The Morgan fingerprint density at radius 2 is 1.90 bits per heavy atom. The van der Waals surface area contributed by atoms with Crippen LogP contribution in [0.15, 0.2) is 67.1 Å². The number of hydrogen-bond donors (Lipinski definition) is 1. The highest BCUT2D eigenvalue weighted by molar-refractivity contribution is 6.03. The van der Waals surface area contributed by atoms with Crippen molar-refractivity contribution in [1.29, 1.82) is 0 Å². The minimum Gasteiger partial charge on any atom is -0.497 e. The van der Waals surface area contributed by atoms with E-state index in [2.05, 4.69) is 15.3 Å². The molecule has 3 aromatic rings. The van der Waals surface area contributed by atoms with Gasteiger partial charge in [0.05, 0.1) is 13.0 Å². The van der Waals surface area contributed by atoms with E-state index in [9.17, 15) is 9.59 Å². The van der Waals surface area contributed by atoms with Gasteiger partial charge in [-0.05, 0) is 54.1 Å². The normalized spacial score (nSPS) is 15.6. The lowest BCUT2D eigenvalue weighted by atomic mass is 10.1. The number of anilines is 2. The summed E-state index contributed by atoms with van der Waals surface area (Å²) in [5.74, 6) is 0.655. The number of hydrogen-bond acceptors (Lipinski definition) is 6. The minimum absolute atomic E-state index is 0.0968. The molecule has 8 heteroatoms. The zero-order valence-corrected chi connectivity index (χ0v) is 17.0. The van der Waals surface area contributed by atoms with Gasteiger partial charge in [-0.1, -0.05) is 0 Å². The van der Waals surface area contributed by atoms with Crippen LogP contribution in [0.3, 0.4) is 0 Å². The van der Waals surface area contributed by atoms with Crippen molar-refractivity contribution < 1.29 is 19.1 Å². The first kappa shape index (κ1) is 20.3. The second-order valence-corrected chi connectivity index (χ2v) is 7.09. The SMILES string of the molecule is COc1ccc(N2CC(C(=O)Nc3ncccc3OCc3ccncc3)CC2=O)cc1. The van der Waals surface area contributed by atoms with Crippen LogP contribution in [0.2, 0.25) is 0 Å². The number of benzene rings is 1. The van der Waals surface area contributed by atoms with Gasteiger partial charge in [0.2, 0.25) is 11.8 Å². The molecule has 4 rings (SSSR count). The van der Waals surface area contributed by atoms with Crippen molar-refractivity contribution in [2.45, 2.75) is 13.0 Å². The largest absolute Gasteiger partial charge is 0.497 e. The topological polar surface area (TPSA) is 93.7 Å². The number of nitrogens with zero attached hydrogens (tertiary/aromatic N) is 3. The summed E-state index contributed by atoms with van der Waals surface area (Å²) in [6.45, 7) is 0.626. The number of carbonyl (C=O) groups is 2. The number of ether oxygens (including phenoxy) is 2. The molecule has 0 radical (unpaired) electrons. The standard InChI is InChI=1S/C23H22N4O4/c1-30-19-6-4-18(5-7-19)27-14-17(13-21(27)28)23(29)26-22-20(3-2-10-25-22)31-15-16-8-11-24-12-9-16/h2-12,17H,13-15H2,1H3,(H,25,26,29). The van der Waals surface area contributed by atoms with Crippen molar-refractivity contribution in [3.05, 3.63) is 72.7 Å². The summed E-state index contributed by atoms with van der Waals surface area (Å²) >= 11 is 0. The van der Waals surface area contributed by atoms with Gasteiger partial charge in [0, 0.05) is 37.2 Å². The van der Waals surface area contributed by atoms with Gasteiger partial charge in [-0.15, -0.1) is 0 Å². The molecule has 1 atom stereocenters. The van der Waals surface area contributed by atoms with Gasteiger partial charge in [0.25, 0.3) is 0 Å². The van der Waals surface area contributed by atoms with Crippen LogP contribution < -0.4 is 19.7 Å². The maximum absolute atomic E-state index is 12.9. The number of pyridine rings is 2. The van der Waals surface area contributed by atoms with Crippen molar-refractivity contribution in [2.24, 2.45) is 5.92 Å². The smallest absolute Gasteiger partial charge is 0.231 e. The van der Waals surface area contributed by atoms with Crippen LogP contribution in [0.5, 0.6) is 11.5 Å². The van der Waals surface area contributed by atoms with Crippen molar-refractivity contribution in [3.63, 3.8) is 0 Å². The maximum atomic E-state index is 12.9. The van der Waals surface area contributed by atoms with E-state index in [1.807, 2.05) is 12.1 Å². The Hall–Kier alpha value is -3.94. The zero-order valence-electron chi connectivity index (χ0n) is 17.0. The molecule has 8 nitrogen and oxygen atoms in total. The third kappa shape index (κ3) is 4.80. The Balaban J connectivity index is 1.41. The molecule has 0 spiro atoms. The van der Waals surface area contributed by atoms with E-state index < -0.39 is 5.92 Å². The molecular weight excluding hydrogens is 396 g/mol. The van der Waals surface area contributed by atoms with Crippen LogP contribution >= 0.6 is 0 Å². The maximum Gasteiger partial charge on any atom is 0.231 e. The fourth-order valence-electron chi connectivity index (χ4n) is 3.35. The molecule has 1 unspecified atom stereocenters. The molecule has 2 aromatic heterocycles. The van der Waals surface area contributed by atoms with Gasteiger partial charge >= 0.3 is 0 Å². The first-order valence-corrected chi connectivity index (χ1v) is 9.86. The molecule has 0 aliphatic carbocycles. The fraction of sp³-hybridized carbons (Fsp3) is 0.217. The number of aromatic nitrogens is 2. The molecule has 1 N–H and O–H groups in total. The highest BCUT2D eigenvalue weighted by atomic mass is 16.5. The molecule has 1 saturated heterocycles. The molecule has 1 fully saturated rings. The summed E-state index contributed by atoms with van der Waals surface area (Å²) in [6.07, 6.45) is 5.10. The lowest BCUT2D eigenvalue weighted by Gasteiger charge is -2.17. The van der Waals surface area contributed by atoms with Gasteiger partial charge in [-0.2, -0.15) is 0 Å². The molecule has 2 amide bonds. The summed E-state index contributed by atoms with van der Waals surface area (Å²) in [6, 6.07) is 14.4. The molecule has 0 saturated carbocycles. The highest BCUT2D eigenvalue weighted by Gasteiger charge is 2.35. The molecule has 1 aliphatic rings. The van der Waals surface area contributed by atoms with Crippen molar-refractivity contribution in [1.82, 2.24) is 9.97 Å². The lowest BCUT2D eigenvalue weighted by Crippen LogP contribution is -2.28. The second-order valence-electron chi connectivity index (χ2n) is 7.09. The second kappa shape index (κ2) is 9.25. The van der Waals surface area contributed by atoms with Gasteiger partial charge in [-0.25, -0.2) is 4.98 Å². The van der Waals surface area contributed by atoms with Crippen LogP contribution in [0.1, 0.15) is 12.0 Å². The Morgan fingerprint density at radius 3 is 2.65 bits per heavy atom. The third-order valence-electron chi connectivity index (χ3n) is 5.04. The Kier molecular flexibility index (Phi) is 6.07. The first-order valence-electron chi connectivity index (χ1n) is 9.86. The van der Waals surface area contributed by atoms with Gasteiger partial charge in [0.15, 0.2) is 11.6 Å². The number of methoxy groups -OCH3 is 1. The summed E-state index contributed by atoms with van der Waals surface area (Å²) in [7, 11) is 1.59. The summed E-state index contributed by atoms with van der Waals surface area (Å²) in [5.41, 5.74) is 1.69. The number of nitrogens with one attached hydrogen (secondary N) is 1. The molecule has 31 heavy (non-hydrogen) atoms. The van der Waals surface area contributed by atoms with Crippen LogP contribution in [0.25, 0.3) is 0 Å². The molecular formula is C23H22N4O4. The van der Waals surface area contributed by atoms with E-state index in [0.29, 0.717) is 30.5 Å². The average Bonchev–Trinajstić information content (AvgIpc) is 3.21. The average molecular weight is 418 g/mol. The number of amides is 2. The van der Waals surface area contributed by atoms with E-state index in [4.69, 9.17) is 9.47 Å². The number of rotatable bonds is 7. The summed E-state index contributed by atoms with van der Waals surface area (Å²) in [5, 5.41) is 2.81. The van der Waals surface area contributed by atoms with Crippen LogP contribution in [-0.2, 0) is 16.2 Å². The molecule has 1 aliphatic heterocycles. The van der Waals surface area contributed by atoms with Gasteiger partial charge < -0.3 is 19.7 Å². The molecule has 3 heterocycles. The van der Waals surface area contributed by atoms with Gasteiger partial charge in [-0.3, -0.25) is 14.6 Å². The Morgan fingerprint density at radius 1 is 1.13 bits per heavy atom. The number of carbonyl (C=O) groups excluding carboxylic acids is 2. The summed E-state index contributed by atoms with van der Waals surface area (Å²) < 4.78 is 11.0. The van der Waals surface area contributed by atoms with Crippen molar-refractivity contribution >= 4 is 23.3 Å². The van der Waals surface area contributed by atoms with E-state index in [-0.39, 0.29) is 18.2 Å². The Labute approximate surface area is 179 Å². The minimum atomic E-state index is -0.482. The van der Waals surface area contributed by atoms with E-state index >= 15 is 0 Å². The molecule has 0 bridgehead atoms. The van der Waals surface area contributed by atoms with Crippen LogP contribution in [-0.4, -0.2) is 35.4 Å². The third-order valence-corrected chi connectivity index (χ3v) is 5.04. The summed E-state index contributed by atoms with van der Waals surface area (Å²) in [4.78, 5) is 35.2. The van der Waals surface area contributed by atoms with E-state index in [1.165, 1.54) is 0 Å². The molecule has 1 aromatic carbocycles. The van der Waals surface area contributed by atoms with E-state index in [1.54, 1.807) is 67.0 Å². The lowest BCUT2D eigenvalue weighted by molar-refractivity contribution is -0.122. The first-order chi connectivity index (χ1) is 15.1. The van der Waals surface area contributed by atoms with Crippen LogP contribution in [0, 0.1) is 5.92 Å². The van der Waals surface area contributed by atoms with Gasteiger partial charge in [0.1, 0.15) is 12.4 Å². The van der Waals surface area contributed by atoms with E-state index in [0.717, 1.165) is 11.3 Å². The Bertz CT molecular complexity index is 1060. The highest BCUT2D eigenvalue weighted by Crippen LogP contribution is 2.29. The van der Waals surface area contributed by atoms with Crippen molar-refractivity contribution in [2.75, 3.05) is 23.9 Å². The quantitative estimate of drug-likeness (QED) is 0.634. The monoisotopic (exact) mass is 418 g/mol. The zero-order chi connectivity index (χ0) is 21.6.